The van der Waals surface area contributed by atoms with E-state index in [4.69, 9.17) is 46.8 Å². The second kappa shape index (κ2) is 30.0. The van der Waals surface area contributed by atoms with Gasteiger partial charge in [-0.25, -0.2) is 9.97 Å². The number of nitrogens with one attached hydrogen (secondary N) is 4. The predicted molar refractivity (Wildman–Crippen MR) is 294 cm³/mol. The third-order valence-electron chi connectivity index (χ3n) is 11.9. The molecule has 410 valence electrons. The summed E-state index contributed by atoms with van der Waals surface area (Å²) in [6, 6.07) is 22.9. The second-order valence-electron chi connectivity index (χ2n) is 17.6. The number of nitrogen functional groups attached to an aromatic ring is 2. The van der Waals surface area contributed by atoms with Crippen molar-refractivity contribution >= 4 is 86.0 Å². The van der Waals surface area contributed by atoms with Crippen LogP contribution in [0.1, 0.15) is 57.4 Å². The summed E-state index contributed by atoms with van der Waals surface area (Å²) in [7, 11) is 1.86. The molecule has 0 unspecified atom stereocenters. The largest absolute Gasteiger partial charge is 0.382 e. The molecule has 0 aliphatic carbocycles. The van der Waals surface area contributed by atoms with Crippen LogP contribution in [-0.4, -0.2) is 151 Å². The lowest BCUT2D eigenvalue weighted by Crippen LogP contribution is -2.40. The van der Waals surface area contributed by atoms with E-state index >= 15 is 0 Å². The van der Waals surface area contributed by atoms with Gasteiger partial charge in [0, 0.05) is 73.1 Å². The van der Waals surface area contributed by atoms with Crippen LogP contribution >= 0.6 is 11.6 Å². The van der Waals surface area contributed by atoms with Gasteiger partial charge in [0.25, 0.3) is 11.8 Å². The number of benzene rings is 3. The van der Waals surface area contributed by atoms with Gasteiger partial charge in [-0.2, -0.15) is 15.1 Å². The van der Waals surface area contributed by atoms with Gasteiger partial charge in [-0.1, -0.05) is 35.9 Å². The van der Waals surface area contributed by atoms with Crippen molar-refractivity contribution in [3.63, 3.8) is 0 Å². The number of ketones is 1. The van der Waals surface area contributed by atoms with Crippen LogP contribution in [0, 0.1) is 0 Å². The molecular formula is C54H63ClN14O9. The Morgan fingerprint density at radius 3 is 2.03 bits per heavy atom. The highest BCUT2D eigenvalue weighted by atomic mass is 35.5. The fourth-order valence-electron chi connectivity index (χ4n) is 7.81. The van der Waals surface area contributed by atoms with Crippen molar-refractivity contribution in [3.8, 4) is 0 Å². The number of halogens is 1. The van der Waals surface area contributed by atoms with E-state index in [0.29, 0.717) is 110 Å². The summed E-state index contributed by atoms with van der Waals surface area (Å²) in [4.78, 5) is 73.8. The monoisotopic (exact) mass is 1090 g/mol. The lowest BCUT2D eigenvalue weighted by Gasteiger charge is -2.20. The average molecular weight is 1090 g/mol. The molecule has 0 saturated carbocycles. The zero-order chi connectivity index (χ0) is 55.1. The van der Waals surface area contributed by atoms with Gasteiger partial charge >= 0.3 is 0 Å². The number of aromatic nitrogens is 7. The third-order valence-corrected chi connectivity index (χ3v) is 12.2. The summed E-state index contributed by atoms with van der Waals surface area (Å²) >= 11 is 6.42. The molecule has 0 spiro atoms. The van der Waals surface area contributed by atoms with E-state index in [9.17, 15) is 19.2 Å². The first-order valence-corrected chi connectivity index (χ1v) is 25.6. The molecule has 24 heteroatoms. The standard InChI is InChI=1S/C54H63ClN14O9/c1-35(70)45(64-52(72)37-7-10-40(11-8-37)69(2)34-39-33-61-51-48(62-39)49(56)65-54(57)66-51)13-14-47(71)59-19-21-74-23-25-76-27-29-78-30-28-77-26-24-75-22-20-60-53(73)43-32-38(9-12-44(43)55)63-50-42-6-4-3-5-41(42)46(67-68-50)31-36-15-17-58-18-16-36/h3-12,15-18,32-33,45H,13-14,19-31,34H2,1-2H3,(H,59,71)(H,60,73)(H,63,68)(H,64,72)(H4,56,57,61,65,66)/t45-/m0/s1. The van der Waals surface area contributed by atoms with E-state index in [-0.39, 0.29) is 68.5 Å². The number of anilines is 5. The summed E-state index contributed by atoms with van der Waals surface area (Å²) in [5, 5.41) is 22.8. The highest BCUT2D eigenvalue weighted by molar-refractivity contribution is 6.34. The van der Waals surface area contributed by atoms with Crippen molar-refractivity contribution in [1.29, 1.82) is 0 Å². The number of amides is 3. The van der Waals surface area contributed by atoms with Crippen LogP contribution in [0.15, 0.2) is 97.5 Å². The minimum Gasteiger partial charge on any atom is -0.382 e. The van der Waals surface area contributed by atoms with E-state index in [2.05, 4.69) is 56.4 Å². The zero-order valence-electron chi connectivity index (χ0n) is 43.4. The van der Waals surface area contributed by atoms with Gasteiger partial charge in [0.1, 0.15) is 0 Å². The van der Waals surface area contributed by atoms with Crippen LogP contribution in [-0.2, 0) is 46.2 Å². The molecule has 7 aromatic rings. The first-order chi connectivity index (χ1) is 37.9. The lowest BCUT2D eigenvalue weighted by atomic mass is 10.0. The van der Waals surface area contributed by atoms with E-state index < -0.39 is 11.9 Å². The number of ether oxygens (including phenoxy) is 5. The fraction of sp³-hybridized carbons (Fsp3) is 0.352. The molecule has 0 radical (unpaired) electrons. The number of rotatable bonds is 32. The second-order valence-corrected chi connectivity index (χ2v) is 18.0. The maximum atomic E-state index is 13.1. The van der Waals surface area contributed by atoms with Gasteiger partial charge in [0.2, 0.25) is 11.9 Å². The third kappa shape index (κ3) is 17.8. The number of carbonyl (C=O) groups excluding carboxylic acids is 4. The van der Waals surface area contributed by atoms with E-state index in [1.165, 1.54) is 6.92 Å². The van der Waals surface area contributed by atoms with Crippen molar-refractivity contribution in [2.24, 2.45) is 0 Å². The summed E-state index contributed by atoms with van der Waals surface area (Å²) in [6.07, 6.45) is 5.88. The van der Waals surface area contributed by atoms with Crippen molar-refractivity contribution < 1.29 is 42.9 Å². The molecule has 7 rings (SSSR count). The number of nitrogens with two attached hydrogens (primary N) is 2. The molecule has 4 heterocycles. The molecule has 0 aliphatic rings. The zero-order valence-corrected chi connectivity index (χ0v) is 44.2. The quantitative estimate of drug-likeness (QED) is 0.0313. The predicted octanol–water partition coefficient (Wildman–Crippen LogP) is 4.64. The van der Waals surface area contributed by atoms with Crippen LogP contribution in [0.25, 0.3) is 21.9 Å². The Morgan fingerprint density at radius 2 is 1.36 bits per heavy atom. The number of carbonyl (C=O) groups is 4. The van der Waals surface area contributed by atoms with E-state index in [0.717, 1.165) is 27.7 Å². The Hall–Kier alpha value is -8.06. The highest BCUT2D eigenvalue weighted by Crippen LogP contribution is 2.29. The number of Topliss-reactive ketones (excluding diaryl/α,β-unsaturated/α-hetero) is 1. The van der Waals surface area contributed by atoms with Gasteiger partial charge < -0.3 is 61.3 Å². The molecule has 1 atom stereocenters. The first-order valence-electron chi connectivity index (χ1n) is 25.2. The topological polar surface area (TPSA) is 308 Å². The normalized spacial score (nSPS) is 11.6. The van der Waals surface area contributed by atoms with Gasteiger partial charge in [0.15, 0.2) is 28.6 Å². The van der Waals surface area contributed by atoms with Gasteiger partial charge in [-0.3, -0.25) is 24.2 Å². The molecule has 0 saturated heterocycles. The van der Waals surface area contributed by atoms with Crippen LogP contribution in [0.3, 0.4) is 0 Å². The van der Waals surface area contributed by atoms with Gasteiger partial charge in [-0.05, 0) is 73.5 Å². The molecule has 0 aliphatic heterocycles. The number of pyridine rings is 1. The number of hydrogen-bond acceptors (Lipinski definition) is 20. The SMILES string of the molecule is CC(=O)[C@H](CCC(=O)NCCOCCOCCOCCOCCOCCNC(=O)c1cc(Nc2nnc(Cc3ccncc3)c3ccccc23)ccc1Cl)NC(=O)c1ccc(N(C)Cc2cnc3nc(N)nc(N)c3n2)cc1. The molecular weight excluding hydrogens is 1020 g/mol. The molecule has 78 heavy (non-hydrogen) atoms. The molecule has 4 aromatic heterocycles. The molecule has 23 nitrogen and oxygen atoms in total. The summed E-state index contributed by atoms with van der Waals surface area (Å²) in [6.45, 7) is 5.76. The minimum absolute atomic E-state index is 0.0180. The Labute approximate surface area is 455 Å². The van der Waals surface area contributed by atoms with Crippen LogP contribution in [0.5, 0.6) is 0 Å². The number of fused-ring (bicyclic) bond motifs is 2. The molecule has 0 bridgehead atoms. The van der Waals surface area contributed by atoms with Crippen LogP contribution in [0.4, 0.5) is 29.0 Å². The van der Waals surface area contributed by atoms with Crippen LogP contribution in [0.2, 0.25) is 5.02 Å². The van der Waals surface area contributed by atoms with Crippen LogP contribution < -0.4 is 37.6 Å². The Morgan fingerprint density at radius 1 is 0.718 bits per heavy atom. The maximum absolute atomic E-state index is 13.1. The Balaban J connectivity index is 0.660. The molecule has 3 aromatic carbocycles. The van der Waals surface area contributed by atoms with Gasteiger partial charge in [0.05, 0.1) is 107 Å². The smallest absolute Gasteiger partial charge is 0.252 e. The van der Waals surface area contributed by atoms with Gasteiger partial charge in [-0.15, -0.1) is 5.10 Å². The Kier molecular flexibility index (Phi) is 22.2. The Bertz CT molecular complexity index is 3110. The summed E-state index contributed by atoms with van der Waals surface area (Å²) in [5.41, 5.74) is 16.9. The molecule has 8 N–H and O–H groups in total. The summed E-state index contributed by atoms with van der Waals surface area (Å²) in [5.74, 6) is -0.588. The maximum Gasteiger partial charge on any atom is 0.252 e. The number of nitrogens with zero attached hydrogens (tertiary/aromatic N) is 8. The van der Waals surface area contributed by atoms with Crippen molar-refractivity contribution in [1.82, 2.24) is 51.1 Å². The minimum atomic E-state index is -0.838. The fourth-order valence-corrected chi connectivity index (χ4v) is 8.01. The average Bonchev–Trinajstić information content (AvgIpc) is 3.49. The van der Waals surface area contributed by atoms with Crippen molar-refractivity contribution in [2.45, 2.75) is 38.8 Å². The highest BCUT2D eigenvalue weighted by Gasteiger charge is 2.20. The van der Waals surface area contributed by atoms with E-state index in [1.54, 1.807) is 61.1 Å². The van der Waals surface area contributed by atoms with Crippen molar-refractivity contribution in [2.75, 3.05) is 108 Å². The first kappa shape index (κ1) is 57.6. The number of hydrogen-bond donors (Lipinski definition) is 6. The lowest BCUT2D eigenvalue weighted by molar-refractivity contribution is -0.122. The molecule has 0 fully saturated rings. The van der Waals surface area contributed by atoms with Crippen molar-refractivity contribution in [3.05, 3.63) is 131 Å². The summed E-state index contributed by atoms with van der Waals surface area (Å²) < 4.78 is 27.8. The van der Waals surface area contributed by atoms with E-state index in [1.807, 2.05) is 48.3 Å². The molecule has 3 amide bonds.